The number of methoxy groups -OCH3 is 1. The van der Waals surface area contributed by atoms with E-state index in [1.807, 2.05) is 37.3 Å². The highest BCUT2D eigenvalue weighted by Crippen LogP contribution is 2.25. The number of ether oxygens (including phenoxy) is 2. The molecule has 134 valence electrons. The Labute approximate surface area is 149 Å². The molecule has 2 N–H and O–H groups in total. The molecule has 2 aromatic rings. The molecule has 0 heterocycles. The molecular weight excluding hydrogens is 316 g/mol. The minimum Gasteiger partial charge on any atom is -0.495 e. The van der Waals surface area contributed by atoms with Crippen molar-refractivity contribution in [3.05, 3.63) is 53.6 Å². The average molecular weight is 342 g/mol. The lowest BCUT2D eigenvalue weighted by molar-refractivity contribution is 0.247. The first-order chi connectivity index (χ1) is 12.0. The summed E-state index contributed by atoms with van der Waals surface area (Å²) in [5, 5.41) is 5.56. The highest BCUT2D eigenvalue weighted by Gasteiger charge is 2.07. The van der Waals surface area contributed by atoms with E-state index >= 15 is 0 Å². The van der Waals surface area contributed by atoms with Crippen LogP contribution in [0.15, 0.2) is 42.5 Å². The van der Waals surface area contributed by atoms with Crippen LogP contribution in [0.3, 0.4) is 0 Å². The number of aryl methyl sites for hydroxylation is 1. The second-order valence-corrected chi connectivity index (χ2v) is 6.16. The number of hydrogen-bond donors (Lipinski definition) is 2. The van der Waals surface area contributed by atoms with E-state index in [-0.39, 0.29) is 6.03 Å². The molecule has 25 heavy (non-hydrogen) atoms. The van der Waals surface area contributed by atoms with Gasteiger partial charge in [0.2, 0.25) is 0 Å². The first kappa shape index (κ1) is 18.6. The van der Waals surface area contributed by atoms with Gasteiger partial charge in [-0.2, -0.15) is 0 Å². The summed E-state index contributed by atoms with van der Waals surface area (Å²) in [5.41, 5.74) is 2.96. The molecule has 0 atom stereocenters. The number of carbonyl (C=O) groups excluding carboxylic acids is 1. The molecule has 0 fully saturated rings. The molecule has 0 unspecified atom stereocenters. The maximum absolute atomic E-state index is 12.0. The number of benzene rings is 2. The van der Waals surface area contributed by atoms with Crippen LogP contribution in [0, 0.1) is 6.92 Å². The Hall–Kier alpha value is -2.69. The largest absolute Gasteiger partial charge is 0.495 e. The quantitative estimate of drug-likeness (QED) is 0.736. The van der Waals surface area contributed by atoms with Crippen molar-refractivity contribution in [2.24, 2.45) is 0 Å². The topological polar surface area (TPSA) is 59.6 Å². The van der Waals surface area contributed by atoms with Gasteiger partial charge in [0, 0.05) is 0 Å². The van der Waals surface area contributed by atoms with Crippen LogP contribution in [0.4, 0.5) is 10.5 Å². The summed E-state index contributed by atoms with van der Waals surface area (Å²) in [7, 11) is 1.58. The Morgan fingerprint density at radius 3 is 2.48 bits per heavy atom. The number of urea groups is 1. The van der Waals surface area contributed by atoms with Gasteiger partial charge >= 0.3 is 6.03 Å². The molecule has 0 aliphatic rings. The molecule has 0 saturated heterocycles. The third kappa shape index (κ3) is 5.71. The Balaban J connectivity index is 1.76. The molecule has 5 heteroatoms. The highest BCUT2D eigenvalue weighted by atomic mass is 16.5. The van der Waals surface area contributed by atoms with Crippen molar-refractivity contribution in [3.8, 4) is 11.5 Å². The summed E-state index contributed by atoms with van der Waals surface area (Å²) in [5.74, 6) is 1.92. The zero-order valence-corrected chi connectivity index (χ0v) is 15.3. The van der Waals surface area contributed by atoms with Crippen LogP contribution in [0.25, 0.3) is 0 Å². The molecule has 5 nitrogen and oxygen atoms in total. The molecule has 0 spiro atoms. The van der Waals surface area contributed by atoms with Crippen LogP contribution < -0.4 is 20.1 Å². The van der Waals surface area contributed by atoms with Gasteiger partial charge in [-0.1, -0.05) is 32.0 Å². The Bertz CT molecular complexity index is 697. The number of nitrogens with one attached hydrogen (secondary N) is 2. The minimum absolute atomic E-state index is 0.289. The van der Waals surface area contributed by atoms with Crippen LogP contribution in [-0.2, 0) is 0 Å². The lowest BCUT2D eigenvalue weighted by atomic mass is 10.0. The lowest BCUT2D eigenvalue weighted by Gasteiger charge is -2.12. The first-order valence-electron chi connectivity index (χ1n) is 8.42. The number of anilines is 1. The van der Waals surface area contributed by atoms with E-state index in [2.05, 4.69) is 36.6 Å². The normalized spacial score (nSPS) is 10.4. The predicted octanol–water partition coefficient (Wildman–Crippen LogP) is 4.33. The SMILES string of the molecule is COc1ccc(C)cc1NC(=O)NCCOc1ccc(C(C)C)cc1. The van der Waals surface area contributed by atoms with Gasteiger partial charge < -0.3 is 20.1 Å². The van der Waals surface area contributed by atoms with E-state index in [1.165, 1.54) is 5.56 Å². The maximum atomic E-state index is 12.0. The minimum atomic E-state index is -0.289. The van der Waals surface area contributed by atoms with Crippen molar-refractivity contribution in [3.63, 3.8) is 0 Å². The molecule has 0 aliphatic carbocycles. The number of carbonyl (C=O) groups is 1. The summed E-state index contributed by atoms with van der Waals surface area (Å²) in [6.45, 7) is 7.08. The van der Waals surface area contributed by atoms with Crippen molar-refractivity contribution in [1.82, 2.24) is 5.32 Å². The van der Waals surface area contributed by atoms with Crippen molar-refractivity contribution in [1.29, 1.82) is 0 Å². The molecule has 2 aromatic carbocycles. The number of rotatable bonds is 7. The van der Waals surface area contributed by atoms with Gasteiger partial charge in [0.05, 0.1) is 19.3 Å². The molecule has 0 aliphatic heterocycles. The van der Waals surface area contributed by atoms with Gasteiger partial charge in [-0.05, 0) is 48.2 Å². The average Bonchev–Trinajstić information content (AvgIpc) is 2.59. The van der Waals surface area contributed by atoms with Crippen molar-refractivity contribution < 1.29 is 14.3 Å². The lowest BCUT2D eigenvalue weighted by Crippen LogP contribution is -2.32. The fourth-order valence-corrected chi connectivity index (χ4v) is 2.37. The monoisotopic (exact) mass is 342 g/mol. The Morgan fingerprint density at radius 1 is 1.12 bits per heavy atom. The van der Waals surface area contributed by atoms with E-state index in [4.69, 9.17) is 9.47 Å². The van der Waals surface area contributed by atoms with Crippen LogP contribution in [0.1, 0.15) is 30.9 Å². The van der Waals surface area contributed by atoms with Gasteiger partial charge in [-0.3, -0.25) is 0 Å². The van der Waals surface area contributed by atoms with Crippen LogP contribution in [0.5, 0.6) is 11.5 Å². The summed E-state index contributed by atoms with van der Waals surface area (Å²) in [4.78, 5) is 12.0. The van der Waals surface area contributed by atoms with Crippen LogP contribution in [-0.4, -0.2) is 26.3 Å². The second kappa shape index (κ2) is 8.97. The Morgan fingerprint density at radius 2 is 1.84 bits per heavy atom. The molecule has 2 amide bonds. The molecule has 0 aromatic heterocycles. The van der Waals surface area contributed by atoms with Gasteiger partial charge in [0.1, 0.15) is 18.1 Å². The zero-order valence-electron chi connectivity index (χ0n) is 15.3. The molecule has 0 radical (unpaired) electrons. The first-order valence-corrected chi connectivity index (χ1v) is 8.42. The third-order valence-corrected chi connectivity index (χ3v) is 3.81. The van der Waals surface area contributed by atoms with E-state index in [9.17, 15) is 4.79 Å². The summed E-state index contributed by atoms with van der Waals surface area (Å²) in [6.07, 6.45) is 0. The van der Waals surface area contributed by atoms with Gasteiger partial charge in [-0.25, -0.2) is 4.79 Å². The Kier molecular flexibility index (Phi) is 6.69. The molecule has 0 saturated carbocycles. The standard InChI is InChI=1S/C20H26N2O3/c1-14(2)16-6-8-17(9-7-16)25-12-11-21-20(23)22-18-13-15(3)5-10-19(18)24-4/h5-10,13-14H,11-12H2,1-4H3,(H2,21,22,23). The highest BCUT2D eigenvalue weighted by molar-refractivity contribution is 5.91. The fourth-order valence-electron chi connectivity index (χ4n) is 2.37. The molecular formula is C20H26N2O3. The van der Waals surface area contributed by atoms with Crippen molar-refractivity contribution in [2.75, 3.05) is 25.6 Å². The van der Waals surface area contributed by atoms with Crippen LogP contribution >= 0.6 is 0 Å². The van der Waals surface area contributed by atoms with Gasteiger partial charge in [0.25, 0.3) is 0 Å². The zero-order chi connectivity index (χ0) is 18.2. The van der Waals surface area contributed by atoms with E-state index in [1.54, 1.807) is 7.11 Å². The maximum Gasteiger partial charge on any atom is 0.319 e. The molecule has 0 bridgehead atoms. The predicted molar refractivity (Wildman–Crippen MR) is 101 cm³/mol. The summed E-state index contributed by atoms with van der Waals surface area (Å²) >= 11 is 0. The van der Waals surface area contributed by atoms with E-state index in [0.29, 0.717) is 30.5 Å². The third-order valence-electron chi connectivity index (χ3n) is 3.81. The molecule has 2 rings (SSSR count). The fraction of sp³-hybridized carbons (Fsp3) is 0.350. The van der Waals surface area contributed by atoms with Crippen molar-refractivity contribution >= 4 is 11.7 Å². The second-order valence-electron chi connectivity index (χ2n) is 6.16. The van der Waals surface area contributed by atoms with E-state index < -0.39 is 0 Å². The number of hydrogen-bond acceptors (Lipinski definition) is 3. The van der Waals surface area contributed by atoms with Gasteiger partial charge in [-0.15, -0.1) is 0 Å². The summed E-state index contributed by atoms with van der Waals surface area (Å²) in [6, 6.07) is 13.4. The smallest absolute Gasteiger partial charge is 0.319 e. The summed E-state index contributed by atoms with van der Waals surface area (Å²) < 4.78 is 10.9. The van der Waals surface area contributed by atoms with Gasteiger partial charge in [0.15, 0.2) is 0 Å². The van der Waals surface area contributed by atoms with Crippen LogP contribution in [0.2, 0.25) is 0 Å². The van der Waals surface area contributed by atoms with Crippen molar-refractivity contribution in [2.45, 2.75) is 26.7 Å². The van der Waals surface area contributed by atoms with E-state index in [0.717, 1.165) is 11.3 Å². The number of amides is 2.